The minimum atomic E-state index is -0.500. The molecule has 0 unspecified atom stereocenters. The van der Waals surface area contributed by atoms with E-state index in [1.54, 1.807) is 0 Å². The van der Waals surface area contributed by atoms with Gasteiger partial charge in [-0.3, -0.25) is 0 Å². The van der Waals surface area contributed by atoms with Crippen LogP contribution in [-0.4, -0.2) is 0 Å². The molecule has 0 bridgehead atoms. The molecule has 0 heterocycles. The van der Waals surface area contributed by atoms with Gasteiger partial charge in [-0.25, -0.2) is 8.78 Å². The molecule has 0 saturated heterocycles. The van der Waals surface area contributed by atoms with Crippen LogP contribution in [0.4, 0.5) is 8.78 Å². The average Bonchev–Trinajstić information content (AvgIpc) is 2.50. The molecule has 2 aromatic rings. The van der Waals surface area contributed by atoms with Gasteiger partial charge >= 0.3 is 0 Å². The van der Waals surface area contributed by atoms with Crippen molar-refractivity contribution in [3.8, 4) is 11.8 Å². The Morgan fingerprint density at radius 3 is 2.38 bits per heavy atom. The van der Waals surface area contributed by atoms with Crippen LogP contribution in [0.2, 0.25) is 0 Å². The highest BCUT2D eigenvalue weighted by Crippen LogP contribution is 2.10. The van der Waals surface area contributed by atoms with Crippen LogP contribution in [0.3, 0.4) is 0 Å². The van der Waals surface area contributed by atoms with Crippen molar-refractivity contribution < 1.29 is 8.78 Å². The van der Waals surface area contributed by atoms with Gasteiger partial charge in [-0.1, -0.05) is 43.7 Å². The fourth-order valence-electron chi connectivity index (χ4n) is 2.07. The molecule has 2 heteroatoms. The van der Waals surface area contributed by atoms with Crippen LogP contribution >= 0.6 is 0 Å². The molecule has 0 aromatic heterocycles. The molecule has 108 valence electrons. The number of benzene rings is 2. The summed E-state index contributed by atoms with van der Waals surface area (Å²) in [4.78, 5) is 0. The molecule has 0 aliphatic carbocycles. The lowest BCUT2D eigenvalue weighted by Crippen LogP contribution is -1.87. The Morgan fingerprint density at radius 1 is 0.905 bits per heavy atom. The van der Waals surface area contributed by atoms with E-state index in [4.69, 9.17) is 0 Å². The third kappa shape index (κ3) is 4.72. The van der Waals surface area contributed by atoms with E-state index in [-0.39, 0.29) is 5.56 Å². The molecule has 0 aliphatic rings. The molecule has 0 spiro atoms. The topological polar surface area (TPSA) is 0 Å². The van der Waals surface area contributed by atoms with E-state index in [9.17, 15) is 8.78 Å². The van der Waals surface area contributed by atoms with E-state index in [1.165, 1.54) is 24.8 Å². The van der Waals surface area contributed by atoms with Crippen molar-refractivity contribution in [3.63, 3.8) is 0 Å². The molecular formula is C19H18F2. The summed E-state index contributed by atoms with van der Waals surface area (Å²) >= 11 is 0. The van der Waals surface area contributed by atoms with Gasteiger partial charge < -0.3 is 0 Å². The van der Waals surface area contributed by atoms with E-state index < -0.39 is 11.6 Å². The highest BCUT2D eigenvalue weighted by Gasteiger charge is 2.00. The first-order chi connectivity index (χ1) is 10.2. The number of halogens is 2. The second-order valence-electron chi connectivity index (χ2n) is 5.03. The molecule has 0 fully saturated rings. The Bertz CT molecular complexity index is 646. The molecule has 0 amide bonds. The second kappa shape index (κ2) is 7.59. The molecule has 0 saturated carbocycles. The second-order valence-corrected chi connectivity index (χ2v) is 5.03. The highest BCUT2D eigenvalue weighted by atomic mass is 19.1. The SMILES string of the molecule is CCCCCc1ccc(C#Cc2cc(F)ccc2F)cc1. The van der Waals surface area contributed by atoms with Crippen LogP contribution in [0.25, 0.3) is 0 Å². The minimum Gasteiger partial charge on any atom is -0.207 e. The van der Waals surface area contributed by atoms with Crippen molar-refractivity contribution in [3.05, 3.63) is 70.8 Å². The quantitative estimate of drug-likeness (QED) is 0.541. The first-order valence-corrected chi connectivity index (χ1v) is 7.25. The summed E-state index contributed by atoms with van der Waals surface area (Å²) in [6, 6.07) is 11.2. The van der Waals surface area contributed by atoms with Crippen molar-refractivity contribution in [1.82, 2.24) is 0 Å². The number of hydrogen-bond acceptors (Lipinski definition) is 0. The van der Waals surface area contributed by atoms with Crippen molar-refractivity contribution in [2.24, 2.45) is 0 Å². The van der Waals surface area contributed by atoms with Gasteiger partial charge in [-0.15, -0.1) is 0 Å². The van der Waals surface area contributed by atoms with Gasteiger partial charge in [0.15, 0.2) is 0 Å². The lowest BCUT2D eigenvalue weighted by Gasteiger charge is -2.00. The van der Waals surface area contributed by atoms with Gasteiger partial charge in [0.1, 0.15) is 11.6 Å². The normalized spacial score (nSPS) is 10.0. The average molecular weight is 284 g/mol. The molecule has 0 radical (unpaired) electrons. The molecular weight excluding hydrogens is 266 g/mol. The third-order valence-corrected chi connectivity index (χ3v) is 3.29. The van der Waals surface area contributed by atoms with Gasteiger partial charge in [0, 0.05) is 5.56 Å². The molecule has 0 nitrogen and oxygen atoms in total. The molecule has 2 rings (SSSR count). The number of unbranched alkanes of at least 4 members (excludes halogenated alkanes) is 2. The Kier molecular flexibility index (Phi) is 5.51. The molecule has 0 aliphatic heterocycles. The summed E-state index contributed by atoms with van der Waals surface area (Å²) in [6.07, 6.45) is 4.71. The van der Waals surface area contributed by atoms with E-state index in [0.29, 0.717) is 0 Å². The Labute approximate surface area is 124 Å². The summed E-state index contributed by atoms with van der Waals surface area (Å²) in [5, 5.41) is 0. The molecule has 21 heavy (non-hydrogen) atoms. The standard InChI is InChI=1S/C19H18F2/c1-2-3-4-5-15-6-8-16(9-7-15)10-11-17-14-18(20)12-13-19(17)21/h6-9,12-14H,2-5H2,1H3. The zero-order valence-corrected chi connectivity index (χ0v) is 12.1. The fourth-order valence-corrected chi connectivity index (χ4v) is 2.07. The van der Waals surface area contributed by atoms with Crippen LogP contribution in [0.5, 0.6) is 0 Å². The van der Waals surface area contributed by atoms with Gasteiger partial charge in [-0.2, -0.15) is 0 Å². The largest absolute Gasteiger partial charge is 0.207 e. The lowest BCUT2D eigenvalue weighted by atomic mass is 10.1. The van der Waals surface area contributed by atoms with E-state index >= 15 is 0 Å². The highest BCUT2D eigenvalue weighted by molar-refractivity contribution is 5.44. The summed E-state index contributed by atoms with van der Waals surface area (Å²) < 4.78 is 26.5. The van der Waals surface area contributed by atoms with Gasteiger partial charge in [-0.05, 0) is 48.7 Å². The first-order valence-electron chi connectivity index (χ1n) is 7.25. The van der Waals surface area contributed by atoms with Gasteiger partial charge in [0.25, 0.3) is 0 Å². The van der Waals surface area contributed by atoms with Crippen LogP contribution < -0.4 is 0 Å². The monoisotopic (exact) mass is 284 g/mol. The molecule has 2 aromatic carbocycles. The Hall–Kier alpha value is -2.14. The van der Waals surface area contributed by atoms with Crippen LogP contribution in [0.1, 0.15) is 42.9 Å². The zero-order chi connectivity index (χ0) is 15.1. The first kappa shape index (κ1) is 15.3. The van der Waals surface area contributed by atoms with Crippen LogP contribution in [0.15, 0.2) is 42.5 Å². The van der Waals surface area contributed by atoms with E-state index in [0.717, 1.165) is 30.2 Å². The van der Waals surface area contributed by atoms with Gasteiger partial charge in [0.05, 0.1) is 5.56 Å². The van der Waals surface area contributed by atoms with Crippen molar-refractivity contribution >= 4 is 0 Å². The van der Waals surface area contributed by atoms with Crippen molar-refractivity contribution in [1.29, 1.82) is 0 Å². The number of rotatable bonds is 4. The predicted molar refractivity (Wildman–Crippen MR) is 82.0 cm³/mol. The maximum absolute atomic E-state index is 13.4. The lowest BCUT2D eigenvalue weighted by molar-refractivity contribution is 0.597. The van der Waals surface area contributed by atoms with E-state index in [2.05, 4.69) is 18.8 Å². The summed E-state index contributed by atoms with van der Waals surface area (Å²) in [5.41, 5.74) is 2.17. The maximum atomic E-state index is 13.4. The summed E-state index contributed by atoms with van der Waals surface area (Å²) in [7, 11) is 0. The predicted octanol–water partition coefficient (Wildman–Crippen LogP) is 5.10. The van der Waals surface area contributed by atoms with Crippen LogP contribution in [-0.2, 0) is 6.42 Å². The third-order valence-electron chi connectivity index (χ3n) is 3.29. The summed E-state index contributed by atoms with van der Waals surface area (Å²) in [5.74, 6) is 4.56. The molecule has 0 N–H and O–H groups in total. The Morgan fingerprint density at radius 2 is 1.67 bits per heavy atom. The Balaban J connectivity index is 2.07. The number of hydrogen-bond donors (Lipinski definition) is 0. The van der Waals surface area contributed by atoms with Crippen molar-refractivity contribution in [2.75, 3.05) is 0 Å². The maximum Gasteiger partial charge on any atom is 0.139 e. The fraction of sp³-hybridized carbons (Fsp3) is 0.263. The van der Waals surface area contributed by atoms with E-state index in [1.807, 2.05) is 24.3 Å². The smallest absolute Gasteiger partial charge is 0.139 e. The summed E-state index contributed by atoms with van der Waals surface area (Å²) in [6.45, 7) is 2.18. The zero-order valence-electron chi connectivity index (χ0n) is 12.1. The van der Waals surface area contributed by atoms with Crippen LogP contribution in [0, 0.1) is 23.5 Å². The minimum absolute atomic E-state index is 0.0852. The van der Waals surface area contributed by atoms with Crippen molar-refractivity contribution in [2.45, 2.75) is 32.6 Å². The van der Waals surface area contributed by atoms with Gasteiger partial charge in [0.2, 0.25) is 0 Å². The molecule has 0 atom stereocenters. The number of aryl methyl sites for hydroxylation is 1.